The van der Waals surface area contributed by atoms with Gasteiger partial charge in [-0.3, -0.25) is 4.79 Å². The third kappa shape index (κ3) is 4.97. The quantitative estimate of drug-likeness (QED) is 0.640. The number of carbonyl (C=O) groups is 1. The Morgan fingerprint density at radius 1 is 1.07 bits per heavy atom. The van der Waals surface area contributed by atoms with Gasteiger partial charge >= 0.3 is 0 Å². The van der Waals surface area contributed by atoms with E-state index in [0.29, 0.717) is 25.2 Å². The molecule has 6 nitrogen and oxygen atoms in total. The van der Waals surface area contributed by atoms with E-state index in [1.165, 1.54) is 23.4 Å². The second-order valence-electron chi connectivity index (χ2n) is 7.12. The summed E-state index contributed by atoms with van der Waals surface area (Å²) in [7, 11) is -3.58. The molecule has 0 saturated carbocycles. The van der Waals surface area contributed by atoms with Gasteiger partial charge in [-0.2, -0.15) is 0 Å². The number of carbonyl (C=O) groups excluding carboxylic acids is 1. The highest BCUT2D eigenvalue weighted by molar-refractivity contribution is 7.89. The van der Waals surface area contributed by atoms with E-state index in [9.17, 15) is 13.2 Å². The molecule has 3 rings (SSSR count). The van der Waals surface area contributed by atoms with E-state index in [-0.39, 0.29) is 10.8 Å². The largest absolute Gasteiger partial charge is 0.371 e. The average Bonchev–Trinajstić information content (AvgIpc) is 3.15. The molecule has 0 bridgehead atoms. The fourth-order valence-electron chi connectivity index (χ4n) is 3.67. The molecular weight excluding hydrogens is 386 g/mol. The van der Waals surface area contributed by atoms with Crippen molar-refractivity contribution in [2.24, 2.45) is 0 Å². The minimum Gasteiger partial charge on any atom is -0.371 e. The van der Waals surface area contributed by atoms with Gasteiger partial charge in [0, 0.05) is 44.0 Å². The number of anilines is 1. The Bertz CT molecular complexity index is 938. The van der Waals surface area contributed by atoms with Gasteiger partial charge in [0.2, 0.25) is 10.0 Å². The molecule has 2 aromatic carbocycles. The molecule has 1 aliphatic rings. The van der Waals surface area contributed by atoms with Crippen LogP contribution in [0.1, 0.15) is 36.2 Å². The van der Waals surface area contributed by atoms with Crippen LogP contribution in [0, 0.1) is 0 Å². The lowest BCUT2D eigenvalue weighted by Crippen LogP contribution is -2.31. The topological polar surface area (TPSA) is 69.7 Å². The molecule has 2 aromatic rings. The van der Waals surface area contributed by atoms with Crippen molar-refractivity contribution in [1.29, 1.82) is 0 Å². The van der Waals surface area contributed by atoms with Gasteiger partial charge in [0.15, 0.2) is 0 Å². The number of benzene rings is 2. The molecule has 1 N–H and O–H groups in total. The Morgan fingerprint density at radius 2 is 1.76 bits per heavy atom. The van der Waals surface area contributed by atoms with Crippen LogP contribution in [0.25, 0.3) is 0 Å². The Kier molecular flexibility index (Phi) is 6.92. The molecule has 0 unspecified atom stereocenters. The number of amides is 1. The second-order valence-corrected chi connectivity index (χ2v) is 8.89. The summed E-state index contributed by atoms with van der Waals surface area (Å²) in [5, 5.41) is 0. The van der Waals surface area contributed by atoms with Crippen molar-refractivity contribution in [2.45, 2.75) is 31.6 Å². The van der Waals surface area contributed by atoms with Gasteiger partial charge in [-0.1, -0.05) is 18.2 Å². The minimum atomic E-state index is -3.58. The van der Waals surface area contributed by atoms with Crippen molar-refractivity contribution in [1.82, 2.24) is 9.62 Å². The Morgan fingerprint density at radius 3 is 2.45 bits per heavy atom. The molecule has 0 aliphatic carbocycles. The van der Waals surface area contributed by atoms with E-state index in [1.807, 2.05) is 19.9 Å². The highest BCUT2D eigenvalue weighted by atomic mass is 32.2. The number of nitrogens with one attached hydrogen (secondary N) is 1. The summed E-state index contributed by atoms with van der Waals surface area (Å²) in [5.74, 6) is -0.0854. The molecule has 0 spiro atoms. The summed E-state index contributed by atoms with van der Waals surface area (Å²) >= 11 is 0. The standard InChI is InChI=1S/C22H29N3O3S/c1-3-24(4-2)22(26)19-10-12-20(13-11-19)29(27,28)23-15-7-16-25-17-14-18-8-5-6-9-21(18)25/h5-6,8-13,23H,3-4,7,14-17H2,1-2H3. The first kappa shape index (κ1) is 21.3. The van der Waals surface area contributed by atoms with Crippen molar-refractivity contribution >= 4 is 21.6 Å². The van der Waals surface area contributed by atoms with E-state index >= 15 is 0 Å². The van der Waals surface area contributed by atoms with Gasteiger partial charge in [-0.05, 0) is 62.6 Å². The maximum absolute atomic E-state index is 12.5. The van der Waals surface area contributed by atoms with Gasteiger partial charge in [-0.15, -0.1) is 0 Å². The zero-order valence-electron chi connectivity index (χ0n) is 17.1. The van der Waals surface area contributed by atoms with Crippen LogP contribution in [0.15, 0.2) is 53.4 Å². The summed E-state index contributed by atoms with van der Waals surface area (Å²) in [6.07, 6.45) is 1.77. The van der Waals surface area contributed by atoms with E-state index < -0.39 is 10.0 Å². The van der Waals surface area contributed by atoms with Crippen LogP contribution in [-0.2, 0) is 16.4 Å². The Hall–Kier alpha value is -2.38. The van der Waals surface area contributed by atoms with Gasteiger partial charge < -0.3 is 9.80 Å². The maximum atomic E-state index is 12.5. The number of rotatable bonds is 9. The first-order chi connectivity index (χ1) is 14.0. The summed E-state index contributed by atoms with van der Waals surface area (Å²) in [5.41, 5.74) is 3.11. The number of fused-ring (bicyclic) bond motifs is 1. The average molecular weight is 416 g/mol. The molecule has 1 heterocycles. The van der Waals surface area contributed by atoms with E-state index in [2.05, 4.69) is 27.8 Å². The van der Waals surface area contributed by atoms with Crippen LogP contribution < -0.4 is 9.62 Å². The SMILES string of the molecule is CCN(CC)C(=O)c1ccc(S(=O)(=O)NCCCN2CCc3ccccc32)cc1. The zero-order chi connectivity index (χ0) is 20.9. The third-order valence-electron chi connectivity index (χ3n) is 5.34. The third-order valence-corrected chi connectivity index (χ3v) is 6.82. The first-order valence-electron chi connectivity index (χ1n) is 10.2. The summed E-state index contributed by atoms with van der Waals surface area (Å²) in [4.78, 5) is 16.5. The predicted octanol–water partition coefficient (Wildman–Crippen LogP) is 2.90. The molecule has 29 heavy (non-hydrogen) atoms. The molecule has 0 fully saturated rings. The van der Waals surface area contributed by atoms with Crippen LogP contribution >= 0.6 is 0 Å². The van der Waals surface area contributed by atoms with Gasteiger partial charge in [0.05, 0.1) is 4.90 Å². The number of nitrogens with zero attached hydrogens (tertiary/aromatic N) is 2. The number of para-hydroxylation sites is 1. The molecule has 0 aromatic heterocycles. The number of hydrogen-bond donors (Lipinski definition) is 1. The Balaban J connectivity index is 1.53. The van der Waals surface area contributed by atoms with Crippen molar-refractivity contribution in [3.8, 4) is 0 Å². The van der Waals surface area contributed by atoms with Gasteiger partial charge in [-0.25, -0.2) is 13.1 Å². The van der Waals surface area contributed by atoms with E-state index in [4.69, 9.17) is 0 Å². The molecule has 0 saturated heterocycles. The molecule has 0 atom stereocenters. The highest BCUT2D eigenvalue weighted by Crippen LogP contribution is 2.27. The summed E-state index contributed by atoms with van der Waals surface area (Å²) in [6, 6.07) is 14.5. The van der Waals surface area contributed by atoms with E-state index in [1.54, 1.807) is 17.0 Å². The van der Waals surface area contributed by atoms with Crippen LogP contribution in [0.2, 0.25) is 0 Å². The monoisotopic (exact) mass is 415 g/mol. The predicted molar refractivity (Wildman–Crippen MR) is 116 cm³/mol. The first-order valence-corrected chi connectivity index (χ1v) is 11.7. The fourth-order valence-corrected chi connectivity index (χ4v) is 4.74. The summed E-state index contributed by atoms with van der Waals surface area (Å²) in [6.45, 7) is 7.26. The van der Waals surface area contributed by atoms with Crippen molar-refractivity contribution in [3.05, 3.63) is 59.7 Å². The van der Waals surface area contributed by atoms with Crippen molar-refractivity contribution < 1.29 is 13.2 Å². The number of hydrogen-bond acceptors (Lipinski definition) is 4. The molecule has 1 aliphatic heterocycles. The second kappa shape index (κ2) is 9.41. The van der Waals surface area contributed by atoms with Crippen molar-refractivity contribution in [2.75, 3.05) is 37.6 Å². The smallest absolute Gasteiger partial charge is 0.253 e. The lowest BCUT2D eigenvalue weighted by molar-refractivity contribution is 0.0773. The molecule has 7 heteroatoms. The minimum absolute atomic E-state index is 0.0854. The van der Waals surface area contributed by atoms with Crippen LogP contribution in [0.4, 0.5) is 5.69 Å². The number of sulfonamides is 1. The molecular formula is C22H29N3O3S. The van der Waals surface area contributed by atoms with Crippen molar-refractivity contribution in [3.63, 3.8) is 0 Å². The van der Waals surface area contributed by atoms with Crippen LogP contribution in [0.3, 0.4) is 0 Å². The molecule has 0 radical (unpaired) electrons. The summed E-state index contributed by atoms with van der Waals surface area (Å²) < 4.78 is 27.7. The zero-order valence-corrected chi connectivity index (χ0v) is 17.9. The van der Waals surface area contributed by atoms with Gasteiger partial charge in [0.25, 0.3) is 5.91 Å². The van der Waals surface area contributed by atoms with E-state index in [0.717, 1.165) is 25.9 Å². The molecule has 156 valence electrons. The van der Waals surface area contributed by atoms with Crippen LogP contribution in [0.5, 0.6) is 0 Å². The highest BCUT2D eigenvalue weighted by Gasteiger charge is 2.19. The molecule has 1 amide bonds. The van der Waals surface area contributed by atoms with Crippen LogP contribution in [-0.4, -0.2) is 51.9 Å². The Labute approximate surface area is 173 Å². The fraction of sp³-hybridized carbons (Fsp3) is 0.409. The lowest BCUT2D eigenvalue weighted by atomic mass is 10.2. The maximum Gasteiger partial charge on any atom is 0.253 e. The lowest BCUT2D eigenvalue weighted by Gasteiger charge is -2.19. The normalized spacial score (nSPS) is 13.4. The van der Waals surface area contributed by atoms with Gasteiger partial charge in [0.1, 0.15) is 0 Å².